The molecule has 0 bridgehead atoms. The van der Waals surface area contributed by atoms with Crippen LogP contribution in [0, 0.1) is 11.8 Å². The van der Waals surface area contributed by atoms with Crippen molar-refractivity contribution in [3.63, 3.8) is 0 Å². The Bertz CT molecular complexity index is 757. The number of benzene rings is 1. The van der Waals surface area contributed by atoms with Crippen LogP contribution < -0.4 is 5.32 Å². The van der Waals surface area contributed by atoms with Crippen LogP contribution in [0.25, 0.3) is 0 Å². The molecule has 3 atom stereocenters. The third-order valence-electron chi connectivity index (χ3n) is 5.10. The molecule has 1 fully saturated rings. The van der Waals surface area contributed by atoms with Gasteiger partial charge < -0.3 is 20.6 Å². The summed E-state index contributed by atoms with van der Waals surface area (Å²) in [5, 5.41) is 30.8. The maximum Gasteiger partial charge on any atom is 0.326 e. The first kappa shape index (κ1) is 21.5. The second kappa shape index (κ2) is 9.92. The fourth-order valence-corrected chi connectivity index (χ4v) is 3.58. The molecule has 1 aromatic rings. The normalized spacial score (nSPS) is 20.4. The number of aliphatic carboxylic acids is 1. The zero-order valence-electron chi connectivity index (χ0n) is 15.9. The van der Waals surface area contributed by atoms with E-state index in [0.717, 1.165) is 6.42 Å². The van der Waals surface area contributed by atoms with Crippen LogP contribution >= 0.6 is 0 Å². The topological polar surface area (TPSA) is 124 Å². The number of nitrogens with one attached hydrogen (secondary N) is 1. The molecular formula is C21H27NO6. The number of rotatable bonds is 9. The van der Waals surface area contributed by atoms with E-state index in [0.29, 0.717) is 24.8 Å². The standard InChI is InChI=1S/C21H27NO6/c1-2-3-4-5-15-14(7-9-17(15)23)12-20(26)22-16(21(27)28)10-13-6-8-18(24)19(25)11-13/h3-4,6,8,11,14-16,24-25H,2,5,7,9-10,12H2,1H3,(H,22,26)(H,27,28). The highest BCUT2D eigenvalue weighted by molar-refractivity contribution is 5.87. The fraction of sp³-hybridized carbons (Fsp3) is 0.476. The molecule has 0 saturated heterocycles. The molecule has 0 heterocycles. The number of ketones is 1. The van der Waals surface area contributed by atoms with Gasteiger partial charge in [-0.1, -0.05) is 25.1 Å². The predicted octanol–water partition coefficient (Wildman–Crippen LogP) is 2.55. The predicted molar refractivity (Wildman–Crippen MR) is 103 cm³/mol. The van der Waals surface area contributed by atoms with Gasteiger partial charge in [0.15, 0.2) is 11.5 Å². The molecule has 3 unspecified atom stereocenters. The average Bonchev–Trinajstić information content (AvgIpc) is 2.97. The van der Waals surface area contributed by atoms with Gasteiger partial charge in [-0.25, -0.2) is 4.79 Å². The van der Waals surface area contributed by atoms with Gasteiger partial charge in [-0.15, -0.1) is 0 Å². The van der Waals surface area contributed by atoms with Gasteiger partial charge in [0.1, 0.15) is 11.8 Å². The number of Topliss-reactive ketones (excluding diaryl/α,β-unsaturated/α-hetero) is 1. The van der Waals surface area contributed by atoms with E-state index >= 15 is 0 Å². The van der Waals surface area contributed by atoms with Gasteiger partial charge in [-0.3, -0.25) is 9.59 Å². The number of carbonyl (C=O) groups excluding carboxylic acids is 2. The number of carbonyl (C=O) groups is 3. The Balaban J connectivity index is 1.97. The summed E-state index contributed by atoms with van der Waals surface area (Å²) in [5.74, 6) is -2.35. The van der Waals surface area contributed by atoms with Crippen molar-refractivity contribution in [2.24, 2.45) is 11.8 Å². The van der Waals surface area contributed by atoms with Crippen molar-refractivity contribution < 1.29 is 29.7 Å². The molecule has 1 aromatic carbocycles. The molecule has 28 heavy (non-hydrogen) atoms. The van der Waals surface area contributed by atoms with Crippen molar-refractivity contribution in [3.8, 4) is 11.5 Å². The van der Waals surface area contributed by atoms with Crippen LogP contribution in [0.4, 0.5) is 0 Å². The lowest BCUT2D eigenvalue weighted by atomic mass is 9.89. The summed E-state index contributed by atoms with van der Waals surface area (Å²) in [6, 6.07) is 2.86. The van der Waals surface area contributed by atoms with E-state index in [2.05, 4.69) is 5.32 Å². The van der Waals surface area contributed by atoms with Gasteiger partial charge in [0.2, 0.25) is 5.91 Å². The van der Waals surface area contributed by atoms with E-state index in [1.165, 1.54) is 18.2 Å². The highest BCUT2D eigenvalue weighted by atomic mass is 16.4. The Morgan fingerprint density at radius 3 is 2.64 bits per heavy atom. The second-order valence-corrected chi connectivity index (χ2v) is 7.18. The lowest BCUT2D eigenvalue weighted by Crippen LogP contribution is -2.43. The molecule has 7 heteroatoms. The lowest BCUT2D eigenvalue weighted by Gasteiger charge is -2.19. The molecule has 0 radical (unpaired) electrons. The van der Waals surface area contributed by atoms with Gasteiger partial charge in [0.25, 0.3) is 0 Å². The quantitative estimate of drug-likeness (QED) is 0.380. The molecule has 1 aliphatic rings. The monoisotopic (exact) mass is 389 g/mol. The van der Waals surface area contributed by atoms with E-state index in [9.17, 15) is 29.7 Å². The number of carboxylic acid groups (broad SMARTS) is 1. The largest absolute Gasteiger partial charge is 0.504 e. The Morgan fingerprint density at radius 2 is 2.00 bits per heavy atom. The molecule has 7 nitrogen and oxygen atoms in total. The van der Waals surface area contributed by atoms with Crippen molar-refractivity contribution in [2.45, 2.75) is 51.5 Å². The summed E-state index contributed by atoms with van der Waals surface area (Å²) in [5.41, 5.74) is 0.474. The van der Waals surface area contributed by atoms with Crippen LogP contribution in [0.2, 0.25) is 0 Å². The summed E-state index contributed by atoms with van der Waals surface area (Å²) in [4.78, 5) is 36.0. The van der Waals surface area contributed by atoms with E-state index in [4.69, 9.17) is 0 Å². The molecule has 152 valence electrons. The molecule has 1 saturated carbocycles. The van der Waals surface area contributed by atoms with Crippen LogP contribution in [0.5, 0.6) is 11.5 Å². The van der Waals surface area contributed by atoms with E-state index in [-0.39, 0.29) is 42.0 Å². The lowest BCUT2D eigenvalue weighted by molar-refractivity contribution is -0.142. The van der Waals surface area contributed by atoms with Crippen LogP contribution in [0.1, 0.15) is 44.6 Å². The fourth-order valence-electron chi connectivity index (χ4n) is 3.58. The van der Waals surface area contributed by atoms with Crippen LogP contribution in [0.3, 0.4) is 0 Å². The zero-order chi connectivity index (χ0) is 20.7. The summed E-state index contributed by atoms with van der Waals surface area (Å²) in [6.45, 7) is 2.01. The van der Waals surface area contributed by atoms with Gasteiger partial charge in [0, 0.05) is 25.2 Å². The molecule has 1 aliphatic carbocycles. The van der Waals surface area contributed by atoms with Crippen LogP contribution in [0.15, 0.2) is 30.4 Å². The van der Waals surface area contributed by atoms with Crippen molar-refractivity contribution in [1.29, 1.82) is 0 Å². The number of carboxylic acids is 1. The Hall–Kier alpha value is -2.83. The highest BCUT2D eigenvalue weighted by Gasteiger charge is 2.35. The van der Waals surface area contributed by atoms with E-state index < -0.39 is 17.9 Å². The molecule has 0 spiro atoms. The average molecular weight is 389 g/mol. The minimum absolute atomic E-state index is 0.0266. The summed E-state index contributed by atoms with van der Waals surface area (Å²) < 4.78 is 0. The second-order valence-electron chi connectivity index (χ2n) is 7.18. The van der Waals surface area contributed by atoms with Crippen molar-refractivity contribution in [3.05, 3.63) is 35.9 Å². The van der Waals surface area contributed by atoms with Crippen molar-refractivity contribution in [2.75, 3.05) is 0 Å². The Labute approximate surface area is 164 Å². The third-order valence-corrected chi connectivity index (χ3v) is 5.10. The van der Waals surface area contributed by atoms with Crippen molar-refractivity contribution >= 4 is 17.7 Å². The summed E-state index contributed by atoms with van der Waals surface area (Å²) in [7, 11) is 0. The number of hydrogen-bond acceptors (Lipinski definition) is 5. The summed E-state index contributed by atoms with van der Waals surface area (Å²) in [6.07, 6.45) is 6.64. The van der Waals surface area contributed by atoms with E-state index in [1.807, 2.05) is 19.1 Å². The van der Waals surface area contributed by atoms with Gasteiger partial charge >= 0.3 is 5.97 Å². The molecular weight excluding hydrogens is 362 g/mol. The maximum atomic E-state index is 12.4. The van der Waals surface area contributed by atoms with Gasteiger partial charge in [-0.2, -0.15) is 0 Å². The number of allylic oxidation sites excluding steroid dienone is 2. The Kier molecular flexibility index (Phi) is 7.61. The molecule has 1 amide bonds. The molecule has 0 aromatic heterocycles. The maximum absolute atomic E-state index is 12.4. The first-order valence-corrected chi connectivity index (χ1v) is 9.52. The number of phenolic OH excluding ortho intramolecular Hbond substituents is 2. The molecule has 0 aliphatic heterocycles. The first-order valence-electron chi connectivity index (χ1n) is 9.52. The number of amides is 1. The molecule has 2 rings (SSSR count). The van der Waals surface area contributed by atoms with Crippen LogP contribution in [-0.4, -0.2) is 39.0 Å². The number of aromatic hydroxyl groups is 2. The van der Waals surface area contributed by atoms with Crippen molar-refractivity contribution in [1.82, 2.24) is 5.32 Å². The SMILES string of the molecule is CCC=CCC1C(=O)CCC1CC(=O)NC(Cc1ccc(O)c(O)c1)C(=O)O. The zero-order valence-corrected chi connectivity index (χ0v) is 15.9. The van der Waals surface area contributed by atoms with Gasteiger partial charge in [0.05, 0.1) is 0 Å². The minimum Gasteiger partial charge on any atom is -0.504 e. The van der Waals surface area contributed by atoms with Gasteiger partial charge in [-0.05, 0) is 42.9 Å². The summed E-state index contributed by atoms with van der Waals surface area (Å²) >= 11 is 0. The highest BCUT2D eigenvalue weighted by Crippen LogP contribution is 2.34. The number of hydrogen-bond donors (Lipinski definition) is 4. The van der Waals surface area contributed by atoms with E-state index in [1.54, 1.807) is 0 Å². The molecule has 4 N–H and O–H groups in total. The number of phenols is 2. The first-order chi connectivity index (χ1) is 13.3. The third kappa shape index (κ3) is 5.84. The smallest absolute Gasteiger partial charge is 0.326 e. The minimum atomic E-state index is -1.19. The van der Waals surface area contributed by atoms with Crippen LogP contribution in [-0.2, 0) is 20.8 Å². The Morgan fingerprint density at radius 1 is 1.25 bits per heavy atom.